The number of carbonyl (C=O) groups is 1. The van der Waals surface area contributed by atoms with Crippen molar-refractivity contribution >= 4 is 13.5 Å². The first-order valence-corrected chi connectivity index (χ1v) is 6.39. The Balaban J connectivity index is 1.87. The molecule has 5 nitrogen and oxygen atoms in total. The van der Waals surface area contributed by atoms with E-state index in [9.17, 15) is 9.90 Å². The Bertz CT molecular complexity index is 284. The molecule has 2 rings (SSSR count). The van der Waals surface area contributed by atoms with Crippen molar-refractivity contribution in [2.75, 3.05) is 33.3 Å². The van der Waals surface area contributed by atoms with Crippen LogP contribution in [-0.2, 0) is 9.45 Å². The average Bonchev–Trinajstić information content (AvgIpc) is 2.51. The van der Waals surface area contributed by atoms with E-state index in [4.69, 9.17) is 4.65 Å². The molecule has 1 N–H and O–H groups in total. The van der Waals surface area contributed by atoms with Crippen LogP contribution < -0.4 is 0 Å². The number of hydrogen-bond acceptors (Lipinski definition) is 4. The first kappa shape index (κ1) is 12.9. The van der Waals surface area contributed by atoms with Crippen molar-refractivity contribution in [3.63, 3.8) is 0 Å². The maximum absolute atomic E-state index is 12.1. The third-order valence-electron chi connectivity index (χ3n) is 3.77. The zero-order valence-electron chi connectivity index (χ0n) is 10.5. The molecule has 6 heteroatoms. The Hall–Kier alpha value is -0.585. The van der Waals surface area contributed by atoms with Gasteiger partial charge in [0.2, 0.25) is 0 Å². The molecular weight excluding hydrogens is 219 g/mol. The number of amides is 1. The third-order valence-corrected chi connectivity index (χ3v) is 3.77. The molecule has 0 radical (unpaired) electrons. The fraction of sp³-hybridized carbons (Fsp3) is 0.909. The van der Waals surface area contributed by atoms with Crippen LogP contribution in [0, 0.1) is 0 Å². The van der Waals surface area contributed by atoms with Crippen molar-refractivity contribution in [1.82, 2.24) is 9.71 Å². The molecule has 96 valence electrons. The summed E-state index contributed by atoms with van der Waals surface area (Å²) in [6.45, 7) is 3.23. The van der Waals surface area contributed by atoms with Crippen LogP contribution >= 0.6 is 0 Å². The van der Waals surface area contributed by atoms with E-state index in [2.05, 4.69) is 4.81 Å². The molecule has 1 saturated heterocycles. The molecule has 0 atom stereocenters. The van der Waals surface area contributed by atoms with Gasteiger partial charge in [0.25, 0.3) is 5.91 Å². The molecule has 1 aliphatic heterocycles. The molecule has 0 bridgehead atoms. The maximum Gasteiger partial charge on any atom is 0.363 e. The summed E-state index contributed by atoms with van der Waals surface area (Å²) >= 11 is 0. The summed E-state index contributed by atoms with van der Waals surface area (Å²) in [6, 6.07) is 0. The molecule has 1 aliphatic carbocycles. The van der Waals surface area contributed by atoms with Gasteiger partial charge in [0.05, 0.1) is 0 Å². The fourth-order valence-electron chi connectivity index (χ4n) is 2.51. The van der Waals surface area contributed by atoms with E-state index >= 15 is 0 Å². The zero-order valence-corrected chi connectivity index (χ0v) is 10.5. The zero-order chi connectivity index (χ0) is 12.3. The number of carbonyl (C=O) groups excluding carboxylic acids is 1. The molecular formula is C11H21BN2O3. The summed E-state index contributed by atoms with van der Waals surface area (Å²) in [5, 5.41) is 10.1. The van der Waals surface area contributed by atoms with Crippen LogP contribution in [0.3, 0.4) is 0 Å². The first-order chi connectivity index (χ1) is 8.15. The van der Waals surface area contributed by atoms with Crippen LogP contribution in [0.25, 0.3) is 0 Å². The number of rotatable bonds is 3. The Labute approximate surface area is 103 Å². The minimum atomic E-state index is -1.05. The van der Waals surface area contributed by atoms with Crippen molar-refractivity contribution in [2.45, 2.75) is 31.3 Å². The van der Waals surface area contributed by atoms with Gasteiger partial charge >= 0.3 is 7.62 Å². The van der Waals surface area contributed by atoms with E-state index in [0.717, 1.165) is 32.5 Å². The summed E-state index contributed by atoms with van der Waals surface area (Å²) in [5.74, 6) is -0.0667. The van der Waals surface area contributed by atoms with Gasteiger partial charge in [-0.2, -0.15) is 0 Å². The molecule has 1 amide bonds. The van der Waals surface area contributed by atoms with Gasteiger partial charge in [0, 0.05) is 26.7 Å². The van der Waals surface area contributed by atoms with Crippen molar-refractivity contribution in [3.05, 3.63) is 0 Å². The molecule has 0 aromatic rings. The lowest BCUT2D eigenvalue weighted by Crippen LogP contribution is -2.54. The molecule has 1 heterocycles. The molecule has 1 saturated carbocycles. The topological polar surface area (TPSA) is 53.0 Å². The largest absolute Gasteiger partial charge is 0.427 e. The minimum Gasteiger partial charge on any atom is -0.427 e. The summed E-state index contributed by atoms with van der Waals surface area (Å²) in [5.41, 5.74) is -1.05. The van der Waals surface area contributed by atoms with Gasteiger partial charge < -0.3 is 19.5 Å². The molecule has 0 aromatic carbocycles. The predicted octanol–water partition coefficient (Wildman–Crippen LogP) is -0.651. The van der Waals surface area contributed by atoms with Gasteiger partial charge in [0.15, 0.2) is 0 Å². The van der Waals surface area contributed by atoms with E-state index < -0.39 is 5.60 Å². The summed E-state index contributed by atoms with van der Waals surface area (Å²) < 4.78 is 5.11. The second kappa shape index (κ2) is 5.37. The van der Waals surface area contributed by atoms with E-state index in [-0.39, 0.29) is 5.91 Å². The second-order valence-electron chi connectivity index (χ2n) is 5.07. The number of aliphatic hydroxyl groups is 1. The lowest BCUT2D eigenvalue weighted by Gasteiger charge is -2.38. The number of nitrogens with zero attached hydrogens (tertiary/aromatic N) is 2. The second-order valence-corrected chi connectivity index (χ2v) is 5.07. The molecule has 0 spiro atoms. The van der Waals surface area contributed by atoms with Gasteiger partial charge in [0.1, 0.15) is 5.60 Å². The quantitative estimate of drug-likeness (QED) is 0.666. The predicted molar refractivity (Wildman–Crippen MR) is 65.7 cm³/mol. The summed E-state index contributed by atoms with van der Waals surface area (Å²) in [4.78, 5) is 16.2. The van der Waals surface area contributed by atoms with E-state index in [1.807, 2.05) is 4.90 Å². The molecule has 17 heavy (non-hydrogen) atoms. The van der Waals surface area contributed by atoms with E-state index in [1.54, 1.807) is 7.11 Å². The summed E-state index contributed by atoms with van der Waals surface area (Å²) in [6.07, 6.45) is 3.17. The van der Waals surface area contributed by atoms with Gasteiger partial charge in [-0.15, -0.1) is 0 Å². The smallest absolute Gasteiger partial charge is 0.363 e. The Morgan fingerprint density at radius 3 is 2.59 bits per heavy atom. The van der Waals surface area contributed by atoms with Crippen LogP contribution in [-0.4, -0.2) is 67.2 Å². The van der Waals surface area contributed by atoms with E-state index in [0.29, 0.717) is 27.0 Å². The highest BCUT2D eigenvalue weighted by Gasteiger charge is 2.44. The Kier molecular flexibility index (Phi) is 4.07. The molecule has 0 unspecified atom stereocenters. The van der Waals surface area contributed by atoms with Crippen LogP contribution in [0.5, 0.6) is 0 Å². The summed E-state index contributed by atoms with van der Waals surface area (Å²) in [7, 11) is 2.30. The van der Waals surface area contributed by atoms with Gasteiger partial charge in [-0.1, -0.05) is 0 Å². The van der Waals surface area contributed by atoms with Gasteiger partial charge in [-0.25, -0.2) is 0 Å². The fourth-order valence-corrected chi connectivity index (χ4v) is 2.51. The first-order valence-electron chi connectivity index (χ1n) is 6.39. The minimum absolute atomic E-state index is 0.0667. The Morgan fingerprint density at radius 2 is 2.00 bits per heavy atom. The highest BCUT2D eigenvalue weighted by atomic mass is 16.4. The van der Waals surface area contributed by atoms with Crippen molar-refractivity contribution < 1.29 is 14.6 Å². The van der Waals surface area contributed by atoms with Crippen LogP contribution in [0.1, 0.15) is 25.7 Å². The lowest BCUT2D eigenvalue weighted by molar-refractivity contribution is -0.160. The molecule has 2 aliphatic rings. The lowest BCUT2D eigenvalue weighted by atomic mass is 9.79. The van der Waals surface area contributed by atoms with Crippen molar-refractivity contribution in [1.29, 1.82) is 0 Å². The Morgan fingerprint density at radius 1 is 1.24 bits per heavy atom. The van der Waals surface area contributed by atoms with E-state index in [1.165, 1.54) is 0 Å². The molecule has 2 fully saturated rings. The monoisotopic (exact) mass is 240 g/mol. The van der Waals surface area contributed by atoms with Crippen molar-refractivity contribution in [3.8, 4) is 0 Å². The highest BCUT2D eigenvalue weighted by Crippen LogP contribution is 2.33. The normalized spacial score (nSPS) is 24.9. The maximum atomic E-state index is 12.1. The van der Waals surface area contributed by atoms with Crippen molar-refractivity contribution in [2.24, 2.45) is 0 Å². The van der Waals surface area contributed by atoms with Gasteiger partial charge in [-0.3, -0.25) is 4.79 Å². The molecule has 0 aromatic heterocycles. The average molecular weight is 240 g/mol. The third kappa shape index (κ3) is 2.81. The number of hydrogen-bond donors (Lipinski definition) is 1. The van der Waals surface area contributed by atoms with Crippen LogP contribution in [0.15, 0.2) is 0 Å². The van der Waals surface area contributed by atoms with Crippen LogP contribution in [0.4, 0.5) is 0 Å². The SMILES string of the molecule is COBN1CCCN(C(=O)C2(O)CCC2)CC1. The highest BCUT2D eigenvalue weighted by molar-refractivity contribution is 6.23. The van der Waals surface area contributed by atoms with Gasteiger partial charge in [-0.05, 0) is 32.2 Å². The standard InChI is InChI=1S/C11H21BN2O3/c1-17-12-14-7-3-6-13(8-9-14)10(15)11(16)4-2-5-11/h12,16H,2-9H2,1H3. The van der Waals surface area contributed by atoms with Crippen LogP contribution in [0.2, 0.25) is 0 Å².